The maximum absolute atomic E-state index is 5.43. The molecule has 0 saturated heterocycles. The van der Waals surface area contributed by atoms with E-state index >= 15 is 0 Å². The van der Waals surface area contributed by atoms with Crippen LogP contribution in [0.25, 0.3) is 28.1 Å². The highest BCUT2D eigenvalue weighted by Gasteiger charge is 2.19. The first-order chi connectivity index (χ1) is 14.4. The number of benzene rings is 1. The van der Waals surface area contributed by atoms with Crippen molar-refractivity contribution < 1.29 is 9.47 Å². The summed E-state index contributed by atoms with van der Waals surface area (Å²) in [7, 11) is 7.44. The lowest BCUT2D eigenvalue weighted by molar-refractivity contribution is 0.355. The third-order valence-electron chi connectivity index (χ3n) is 5.57. The molecule has 3 aromatic heterocycles. The van der Waals surface area contributed by atoms with Crippen molar-refractivity contribution in [3.05, 3.63) is 35.8 Å². The Morgan fingerprint density at radius 1 is 1.03 bits per heavy atom. The van der Waals surface area contributed by atoms with Crippen LogP contribution in [0.5, 0.6) is 11.5 Å². The molecule has 3 heterocycles. The van der Waals surface area contributed by atoms with Gasteiger partial charge in [-0.15, -0.1) is 5.10 Å². The van der Waals surface area contributed by atoms with E-state index in [0.29, 0.717) is 17.3 Å². The van der Waals surface area contributed by atoms with Crippen LogP contribution in [0.3, 0.4) is 0 Å². The van der Waals surface area contributed by atoms with Crippen molar-refractivity contribution in [2.45, 2.75) is 26.8 Å². The van der Waals surface area contributed by atoms with Gasteiger partial charge in [-0.2, -0.15) is 0 Å². The van der Waals surface area contributed by atoms with Crippen LogP contribution in [0, 0.1) is 13.8 Å². The molecule has 30 heavy (non-hydrogen) atoms. The second-order valence-electron chi connectivity index (χ2n) is 7.74. The van der Waals surface area contributed by atoms with Crippen molar-refractivity contribution in [3.63, 3.8) is 0 Å². The van der Waals surface area contributed by atoms with Crippen molar-refractivity contribution in [1.82, 2.24) is 29.0 Å². The van der Waals surface area contributed by atoms with Crippen LogP contribution in [0.15, 0.2) is 24.5 Å². The topological polar surface area (TPSA) is 69.7 Å². The molecule has 1 aromatic carbocycles. The number of ether oxygens (including phenoxy) is 2. The van der Waals surface area contributed by atoms with Gasteiger partial charge in [0.25, 0.3) is 0 Å². The van der Waals surface area contributed by atoms with Crippen molar-refractivity contribution >= 4 is 16.7 Å². The Morgan fingerprint density at radius 3 is 2.50 bits per heavy atom. The molecule has 0 atom stereocenters. The van der Waals surface area contributed by atoms with E-state index in [9.17, 15) is 0 Å². The monoisotopic (exact) mass is 408 g/mol. The zero-order valence-electron chi connectivity index (χ0n) is 18.4. The lowest BCUT2D eigenvalue weighted by atomic mass is 10.2. The molecule has 8 heteroatoms. The summed E-state index contributed by atoms with van der Waals surface area (Å²) in [6.45, 7) is 6.24. The fourth-order valence-corrected chi connectivity index (χ4v) is 3.85. The molecule has 0 aliphatic carbocycles. The van der Waals surface area contributed by atoms with E-state index in [4.69, 9.17) is 19.4 Å². The molecule has 0 N–H and O–H groups in total. The van der Waals surface area contributed by atoms with Gasteiger partial charge in [-0.05, 0) is 64.7 Å². The molecule has 8 nitrogen and oxygen atoms in total. The molecule has 0 radical (unpaired) electrons. The first-order valence-electron chi connectivity index (χ1n) is 10.0. The summed E-state index contributed by atoms with van der Waals surface area (Å²) in [6.07, 6.45) is 2.81. The predicted molar refractivity (Wildman–Crippen MR) is 117 cm³/mol. The molecular weight excluding hydrogens is 380 g/mol. The maximum Gasteiger partial charge on any atom is 0.182 e. The van der Waals surface area contributed by atoms with Crippen LogP contribution >= 0.6 is 0 Å². The van der Waals surface area contributed by atoms with E-state index in [1.807, 2.05) is 18.2 Å². The van der Waals surface area contributed by atoms with Crippen molar-refractivity contribution in [3.8, 4) is 22.9 Å². The summed E-state index contributed by atoms with van der Waals surface area (Å²) in [5, 5.41) is 5.71. The van der Waals surface area contributed by atoms with Crippen LogP contribution < -0.4 is 9.47 Å². The summed E-state index contributed by atoms with van der Waals surface area (Å²) in [5.41, 5.74) is 5.06. The first kappa shape index (κ1) is 20.2. The smallest absolute Gasteiger partial charge is 0.182 e. The Hall–Kier alpha value is -3.13. The molecular formula is C22H28N6O2. The van der Waals surface area contributed by atoms with Gasteiger partial charge in [0, 0.05) is 17.8 Å². The summed E-state index contributed by atoms with van der Waals surface area (Å²) in [5.74, 6) is 1.95. The van der Waals surface area contributed by atoms with Gasteiger partial charge in [0.15, 0.2) is 23.0 Å². The van der Waals surface area contributed by atoms with E-state index in [2.05, 4.69) is 42.5 Å². The van der Waals surface area contributed by atoms with E-state index in [0.717, 1.165) is 41.8 Å². The normalized spacial score (nSPS) is 11.7. The second-order valence-corrected chi connectivity index (χ2v) is 7.74. The number of aromatic nitrogens is 5. The zero-order chi connectivity index (χ0) is 21.4. The molecule has 0 amide bonds. The fraction of sp³-hybridized carbons (Fsp3) is 0.409. The highest BCUT2D eigenvalue weighted by molar-refractivity contribution is 5.94. The maximum atomic E-state index is 5.43. The van der Waals surface area contributed by atoms with Gasteiger partial charge in [-0.1, -0.05) is 0 Å². The molecule has 4 aromatic rings. The van der Waals surface area contributed by atoms with Gasteiger partial charge >= 0.3 is 0 Å². The fourth-order valence-electron chi connectivity index (χ4n) is 3.85. The number of hydrogen-bond acceptors (Lipinski definition) is 6. The Labute approximate surface area is 176 Å². The van der Waals surface area contributed by atoms with E-state index in [-0.39, 0.29) is 0 Å². The molecule has 158 valence electrons. The van der Waals surface area contributed by atoms with Gasteiger partial charge in [0.05, 0.1) is 19.6 Å². The molecule has 0 aliphatic heterocycles. The van der Waals surface area contributed by atoms with Crippen molar-refractivity contribution in [2.24, 2.45) is 0 Å². The summed E-state index contributed by atoms with van der Waals surface area (Å²) in [6, 6.07) is 5.69. The Kier molecular flexibility index (Phi) is 5.34. The van der Waals surface area contributed by atoms with Crippen LogP contribution in [-0.2, 0) is 6.54 Å². The third kappa shape index (κ3) is 3.37. The number of aryl methyl sites for hydroxylation is 2. The Morgan fingerprint density at radius 2 is 1.80 bits per heavy atom. The Balaban J connectivity index is 1.81. The highest BCUT2D eigenvalue weighted by Crippen LogP contribution is 2.32. The average molecular weight is 409 g/mol. The van der Waals surface area contributed by atoms with E-state index < -0.39 is 0 Å². The lowest BCUT2D eigenvalue weighted by Crippen LogP contribution is -2.15. The van der Waals surface area contributed by atoms with E-state index in [1.165, 1.54) is 11.3 Å². The number of nitrogens with zero attached hydrogens (tertiary/aromatic N) is 6. The van der Waals surface area contributed by atoms with Gasteiger partial charge in [-0.25, -0.2) is 14.5 Å². The standard InChI is InChI=1S/C22H28N6O2/c1-14-15(2)27(11-7-10-26(3)4)21-19(14)22-24-20(25-28(22)13-23-21)16-8-9-17(29-5)18(12-16)30-6/h8-9,12-13H,7,10-11H2,1-6H3. The number of methoxy groups -OCH3 is 2. The third-order valence-corrected chi connectivity index (χ3v) is 5.57. The van der Waals surface area contributed by atoms with Crippen LogP contribution in [0.1, 0.15) is 17.7 Å². The molecule has 0 saturated carbocycles. The molecule has 0 unspecified atom stereocenters. The average Bonchev–Trinajstić information content (AvgIpc) is 3.27. The van der Waals surface area contributed by atoms with Crippen LogP contribution in [0.4, 0.5) is 0 Å². The summed E-state index contributed by atoms with van der Waals surface area (Å²) >= 11 is 0. The second kappa shape index (κ2) is 7.95. The van der Waals surface area contributed by atoms with Crippen molar-refractivity contribution in [1.29, 1.82) is 0 Å². The van der Waals surface area contributed by atoms with Gasteiger partial charge in [0.1, 0.15) is 12.0 Å². The largest absolute Gasteiger partial charge is 0.493 e. The number of rotatable bonds is 7. The molecule has 0 fully saturated rings. The van der Waals surface area contributed by atoms with E-state index in [1.54, 1.807) is 25.1 Å². The minimum atomic E-state index is 0.627. The summed E-state index contributed by atoms with van der Waals surface area (Å²) < 4.78 is 14.8. The zero-order valence-corrected chi connectivity index (χ0v) is 18.4. The van der Waals surface area contributed by atoms with Gasteiger partial charge in [0.2, 0.25) is 0 Å². The SMILES string of the molecule is COc1ccc(-c2nc3c4c(C)c(C)n(CCCN(C)C)c4ncn3n2)cc1OC. The molecule has 0 spiro atoms. The quantitative estimate of drug-likeness (QED) is 0.467. The molecule has 4 rings (SSSR count). The van der Waals surface area contributed by atoms with Crippen LogP contribution in [0.2, 0.25) is 0 Å². The number of fused-ring (bicyclic) bond motifs is 3. The predicted octanol–water partition coefficient (Wildman–Crippen LogP) is 3.33. The lowest BCUT2D eigenvalue weighted by Gasteiger charge is -2.11. The first-order valence-corrected chi connectivity index (χ1v) is 10.0. The van der Waals surface area contributed by atoms with Crippen molar-refractivity contribution in [2.75, 3.05) is 34.9 Å². The minimum Gasteiger partial charge on any atom is -0.493 e. The van der Waals surface area contributed by atoms with Gasteiger partial charge in [-0.3, -0.25) is 0 Å². The Bertz CT molecular complexity index is 1210. The molecule has 0 bridgehead atoms. The van der Waals surface area contributed by atoms with Gasteiger partial charge < -0.3 is 18.9 Å². The molecule has 0 aliphatic rings. The highest BCUT2D eigenvalue weighted by atomic mass is 16.5. The van der Waals surface area contributed by atoms with Crippen LogP contribution in [-0.4, -0.2) is 63.9 Å². The summed E-state index contributed by atoms with van der Waals surface area (Å²) in [4.78, 5) is 11.8. The minimum absolute atomic E-state index is 0.627. The number of hydrogen-bond donors (Lipinski definition) is 0.